The van der Waals surface area contributed by atoms with Gasteiger partial charge in [-0.3, -0.25) is 4.79 Å². The van der Waals surface area contributed by atoms with Gasteiger partial charge in [-0.25, -0.2) is 4.39 Å². The van der Waals surface area contributed by atoms with Crippen LogP contribution < -0.4 is 10.6 Å². The highest BCUT2D eigenvalue weighted by Gasteiger charge is 2.46. The van der Waals surface area contributed by atoms with E-state index in [1.807, 2.05) is 0 Å². The Bertz CT molecular complexity index is 511. The van der Waals surface area contributed by atoms with E-state index in [4.69, 9.17) is 11.6 Å². The van der Waals surface area contributed by atoms with E-state index in [1.54, 1.807) is 12.1 Å². The maximum atomic E-state index is 13.8. The Balaban J connectivity index is 1.49. The summed E-state index contributed by atoms with van der Waals surface area (Å²) in [5.41, 5.74) is 0.499. The largest absolute Gasteiger partial charge is 0.356 e. The molecule has 0 aromatic heterocycles. The van der Waals surface area contributed by atoms with Crippen LogP contribution in [0.4, 0.5) is 4.39 Å². The average Bonchev–Trinajstić information content (AvgIpc) is 3.05. The van der Waals surface area contributed by atoms with Crippen LogP contribution in [0, 0.1) is 17.7 Å². The molecule has 1 aliphatic heterocycles. The normalized spacial score (nSPS) is 27.6. The van der Waals surface area contributed by atoms with Crippen LogP contribution in [0.15, 0.2) is 18.2 Å². The molecule has 2 fully saturated rings. The van der Waals surface area contributed by atoms with Gasteiger partial charge in [-0.2, -0.15) is 0 Å². The molecule has 5 heteroatoms. The summed E-state index contributed by atoms with van der Waals surface area (Å²) in [5.74, 6) is 0.208. The lowest BCUT2D eigenvalue weighted by Crippen LogP contribution is -2.28. The van der Waals surface area contributed by atoms with Gasteiger partial charge >= 0.3 is 0 Å². The SMILES string of the molecule is O=C(NCCC1CCNC1)C1CC1c1c(F)cccc1Cl. The van der Waals surface area contributed by atoms with Gasteiger partial charge in [-0.15, -0.1) is 0 Å². The standard InChI is InChI=1S/C16H20ClFN2O/c17-13-2-1-3-14(18)15(13)11-8-12(11)16(21)20-7-5-10-4-6-19-9-10/h1-3,10-12,19H,4-9H2,(H,20,21). The number of hydrogen-bond acceptors (Lipinski definition) is 2. The second kappa shape index (κ2) is 6.32. The van der Waals surface area contributed by atoms with Gasteiger partial charge in [-0.05, 0) is 50.4 Å². The smallest absolute Gasteiger partial charge is 0.223 e. The van der Waals surface area contributed by atoms with Crippen molar-refractivity contribution in [2.24, 2.45) is 11.8 Å². The molecule has 3 nitrogen and oxygen atoms in total. The Hall–Kier alpha value is -1.13. The molecule has 1 saturated heterocycles. The molecule has 3 unspecified atom stereocenters. The van der Waals surface area contributed by atoms with Gasteiger partial charge in [0.15, 0.2) is 0 Å². The third-order valence-corrected chi connectivity index (χ3v) is 4.84. The van der Waals surface area contributed by atoms with E-state index in [0.717, 1.165) is 19.5 Å². The summed E-state index contributed by atoms with van der Waals surface area (Å²) in [6.07, 6.45) is 2.89. The highest BCUT2D eigenvalue weighted by molar-refractivity contribution is 6.31. The summed E-state index contributed by atoms with van der Waals surface area (Å²) in [4.78, 5) is 12.1. The molecule has 1 aromatic carbocycles. The second-order valence-corrected chi connectivity index (χ2v) is 6.43. The predicted molar refractivity (Wildman–Crippen MR) is 80.9 cm³/mol. The summed E-state index contributed by atoms with van der Waals surface area (Å²) in [6, 6.07) is 4.68. The van der Waals surface area contributed by atoms with Gasteiger partial charge in [0.05, 0.1) is 0 Å². The third-order valence-electron chi connectivity index (χ3n) is 4.51. The molecule has 1 amide bonds. The van der Waals surface area contributed by atoms with E-state index in [0.29, 0.717) is 29.5 Å². The fourth-order valence-electron chi connectivity index (χ4n) is 3.16. The van der Waals surface area contributed by atoms with Crippen molar-refractivity contribution >= 4 is 17.5 Å². The second-order valence-electron chi connectivity index (χ2n) is 6.02. The van der Waals surface area contributed by atoms with Crippen molar-refractivity contribution in [1.82, 2.24) is 10.6 Å². The lowest BCUT2D eigenvalue weighted by atomic mass is 10.1. The van der Waals surface area contributed by atoms with Crippen LogP contribution in [0.5, 0.6) is 0 Å². The number of hydrogen-bond donors (Lipinski definition) is 2. The molecule has 1 aromatic rings. The molecule has 2 N–H and O–H groups in total. The van der Waals surface area contributed by atoms with Gasteiger partial charge in [0.1, 0.15) is 5.82 Å². The molecule has 3 rings (SSSR count). The van der Waals surface area contributed by atoms with Crippen LogP contribution in [-0.4, -0.2) is 25.5 Å². The number of carbonyl (C=O) groups excluding carboxylic acids is 1. The van der Waals surface area contributed by atoms with Crippen molar-refractivity contribution in [3.63, 3.8) is 0 Å². The minimum atomic E-state index is -0.306. The van der Waals surface area contributed by atoms with Crippen molar-refractivity contribution in [2.45, 2.75) is 25.2 Å². The maximum Gasteiger partial charge on any atom is 0.223 e. The first-order chi connectivity index (χ1) is 10.2. The average molecular weight is 311 g/mol. The molecule has 21 heavy (non-hydrogen) atoms. The molecule has 114 valence electrons. The van der Waals surface area contributed by atoms with Gasteiger partial charge in [0, 0.05) is 29.0 Å². The Morgan fingerprint density at radius 3 is 3.05 bits per heavy atom. The minimum absolute atomic E-state index is 0.0327. The van der Waals surface area contributed by atoms with E-state index in [-0.39, 0.29) is 23.6 Å². The first kappa shape index (κ1) is 14.8. The highest BCUT2D eigenvalue weighted by atomic mass is 35.5. The molecular weight excluding hydrogens is 291 g/mol. The Labute approximate surface area is 129 Å². The minimum Gasteiger partial charge on any atom is -0.356 e. The lowest BCUT2D eigenvalue weighted by molar-refractivity contribution is -0.122. The van der Waals surface area contributed by atoms with E-state index >= 15 is 0 Å². The fourth-order valence-corrected chi connectivity index (χ4v) is 3.46. The first-order valence-corrected chi connectivity index (χ1v) is 7.97. The molecule has 1 saturated carbocycles. The molecular formula is C16H20ClFN2O. The van der Waals surface area contributed by atoms with Crippen molar-refractivity contribution in [2.75, 3.05) is 19.6 Å². The highest BCUT2D eigenvalue weighted by Crippen LogP contribution is 2.50. The van der Waals surface area contributed by atoms with Crippen molar-refractivity contribution in [1.29, 1.82) is 0 Å². The van der Waals surface area contributed by atoms with E-state index in [9.17, 15) is 9.18 Å². The number of benzene rings is 1. The van der Waals surface area contributed by atoms with Gasteiger partial charge < -0.3 is 10.6 Å². The molecule has 1 heterocycles. The summed E-state index contributed by atoms with van der Waals surface area (Å²) < 4.78 is 13.8. The molecule has 1 aliphatic carbocycles. The predicted octanol–water partition coefficient (Wildman–Crippen LogP) is 2.70. The van der Waals surface area contributed by atoms with Crippen LogP contribution >= 0.6 is 11.6 Å². The van der Waals surface area contributed by atoms with Crippen LogP contribution in [0.25, 0.3) is 0 Å². The number of amides is 1. The topological polar surface area (TPSA) is 41.1 Å². The zero-order valence-electron chi connectivity index (χ0n) is 11.9. The Kier molecular flexibility index (Phi) is 4.45. The molecule has 0 radical (unpaired) electrons. The number of rotatable bonds is 5. The van der Waals surface area contributed by atoms with E-state index in [1.165, 1.54) is 12.5 Å². The monoisotopic (exact) mass is 310 g/mol. The zero-order chi connectivity index (χ0) is 14.8. The van der Waals surface area contributed by atoms with Gasteiger partial charge in [-0.1, -0.05) is 17.7 Å². The van der Waals surface area contributed by atoms with Crippen LogP contribution in [0.2, 0.25) is 5.02 Å². The zero-order valence-corrected chi connectivity index (χ0v) is 12.6. The Morgan fingerprint density at radius 1 is 1.48 bits per heavy atom. The molecule has 3 atom stereocenters. The third kappa shape index (κ3) is 3.38. The Morgan fingerprint density at radius 2 is 2.33 bits per heavy atom. The number of carbonyl (C=O) groups is 1. The van der Waals surface area contributed by atoms with Crippen LogP contribution in [0.1, 0.15) is 30.7 Å². The van der Waals surface area contributed by atoms with Crippen LogP contribution in [0.3, 0.4) is 0 Å². The maximum absolute atomic E-state index is 13.8. The first-order valence-electron chi connectivity index (χ1n) is 7.59. The quantitative estimate of drug-likeness (QED) is 0.878. The van der Waals surface area contributed by atoms with Crippen molar-refractivity contribution in [3.05, 3.63) is 34.6 Å². The summed E-state index contributed by atoms with van der Waals surface area (Å²) in [6.45, 7) is 2.83. The van der Waals surface area contributed by atoms with E-state index in [2.05, 4.69) is 10.6 Å². The van der Waals surface area contributed by atoms with E-state index < -0.39 is 0 Å². The van der Waals surface area contributed by atoms with Crippen LogP contribution in [-0.2, 0) is 4.79 Å². The number of halogens is 2. The number of nitrogens with one attached hydrogen (secondary N) is 2. The summed E-state index contributed by atoms with van der Waals surface area (Å²) in [7, 11) is 0. The van der Waals surface area contributed by atoms with Gasteiger partial charge in [0.2, 0.25) is 5.91 Å². The summed E-state index contributed by atoms with van der Waals surface area (Å²) in [5, 5.41) is 6.72. The fraction of sp³-hybridized carbons (Fsp3) is 0.562. The molecule has 0 bridgehead atoms. The van der Waals surface area contributed by atoms with Crippen molar-refractivity contribution < 1.29 is 9.18 Å². The molecule has 0 spiro atoms. The summed E-state index contributed by atoms with van der Waals surface area (Å²) >= 11 is 6.05. The van der Waals surface area contributed by atoms with Gasteiger partial charge in [0.25, 0.3) is 0 Å². The lowest BCUT2D eigenvalue weighted by Gasteiger charge is -2.09. The molecule has 2 aliphatic rings. The van der Waals surface area contributed by atoms with Crippen molar-refractivity contribution in [3.8, 4) is 0 Å².